The smallest absolute Gasteiger partial charge is 0.306 e. The average Bonchev–Trinajstić information content (AvgIpc) is 3.33. The van der Waals surface area contributed by atoms with Gasteiger partial charge in [0, 0.05) is 19.6 Å². The molecule has 1 unspecified atom stereocenters. The van der Waals surface area contributed by atoms with Crippen LogP contribution in [-0.4, -0.2) is 57.0 Å². The Balaban J connectivity index is 0.000000665. The van der Waals surface area contributed by atoms with E-state index < -0.39 is 11.9 Å². The van der Waals surface area contributed by atoms with E-state index >= 15 is 0 Å². The molecule has 0 saturated heterocycles. The fraction of sp³-hybridized carbons (Fsp3) is 0.679. The number of esters is 1. The molecule has 0 amide bonds. The molecular formula is C56H92O10. The van der Waals surface area contributed by atoms with E-state index in [-0.39, 0.29) is 51.7 Å². The standard InChI is InChI=1S/C29H50O6.C27H42O4/c1-3-5-7-9-11-13-17-33-29(34-18-14-12-10-8-6-4-2)16-15-28(32)35-24-27-20-25(22-30)19-26(21-27)23-31;1-2-3-4-5-6-7-8-9-10-11-12-13-14-15-16-26(27(30)31)20-23-17-24(21-28)19-25(18-23)22-29/h19-21,29-31H,3-18,22-24H2,1-2H3;6-7,9-10,17-19,26,28-29H,2-5,8,11-16,20-22H2,1H3,(H,30,31)/b;7-6-,10-9-. The third-order valence-electron chi connectivity index (χ3n) is 11.6. The lowest BCUT2D eigenvalue weighted by Crippen LogP contribution is -2.21. The number of ether oxygens (including phenoxy) is 3. The Morgan fingerprint density at radius 1 is 0.500 bits per heavy atom. The van der Waals surface area contributed by atoms with E-state index in [1.165, 1.54) is 77.0 Å². The highest BCUT2D eigenvalue weighted by Crippen LogP contribution is 2.21. The molecule has 10 heteroatoms. The highest BCUT2D eigenvalue weighted by molar-refractivity contribution is 5.70. The fourth-order valence-electron chi connectivity index (χ4n) is 7.75. The van der Waals surface area contributed by atoms with E-state index in [9.17, 15) is 35.1 Å². The second-order valence-corrected chi connectivity index (χ2v) is 17.8. The molecule has 0 radical (unpaired) electrons. The van der Waals surface area contributed by atoms with Crippen molar-refractivity contribution in [1.82, 2.24) is 0 Å². The van der Waals surface area contributed by atoms with Crippen LogP contribution in [0.2, 0.25) is 0 Å². The highest BCUT2D eigenvalue weighted by Gasteiger charge is 2.18. The summed E-state index contributed by atoms with van der Waals surface area (Å²) in [5.41, 5.74) is 4.43. The Bertz CT molecular complexity index is 1480. The molecule has 376 valence electrons. The highest BCUT2D eigenvalue weighted by atomic mass is 16.7. The summed E-state index contributed by atoms with van der Waals surface area (Å²) in [6, 6.07) is 10.7. The first-order chi connectivity index (χ1) is 32.2. The predicted octanol–water partition coefficient (Wildman–Crippen LogP) is 12.9. The summed E-state index contributed by atoms with van der Waals surface area (Å²) in [6.07, 6.45) is 36.3. The number of allylic oxidation sites excluding steroid dienone is 4. The molecule has 0 bridgehead atoms. The van der Waals surface area contributed by atoms with Crippen molar-refractivity contribution in [2.75, 3.05) is 13.2 Å². The summed E-state index contributed by atoms with van der Waals surface area (Å²) >= 11 is 0. The van der Waals surface area contributed by atoms with E-state index in [0.29, 0.717) is 54.7 Å². The number of aliphatic carboxylic acids is 1. The molecule has 66 heavy (non-hydrogen) atoms. The van der Waals surface area contributed by atoms with Gasteiger partial charge in [-0.15, -0.1) is 0 Å². The molecule has 1 atom stereocenters. The molecule has 2 aromatic carbocycles. The Morgan fingerprint density at radius 3 is 1.39 bits per heavy atom. The number of carbonyl (C=O) groups excluding carboxylic acids is 1. The van der Waals surface area contributed by atoms with E-state index in [4.69, 9.17) is 14.2 Å². The Morgan fingerprint density at radius 2 is 0.909 bits per heavy atom. The lowest BCUT2D eigenvalue weighted by atomic mass is 9.92. The summed E-state index contributed by atoms with van der Waals surface area (Å²) in [6.45, 7) is 7.62. The minimum Gasteiger partial charge on any atom is -0.481 e. The summed E-state index contributed by atoms with van der Waals surface area (Å²) < 4.78 is 17.4. The summed E-state index contributed by atoms with van der Waals surface area (Å²) in [7, 11) is 0. The van der Waals surface area contributed by atoms with Gasteiger partial charge in [-0.05, 0) is 91.2 Å². The van der Waals surface area contributed by atoms with Crippen LogP contribution in [0.25, 0.3) is 0 Å². The first kappa shape index (κ1) is 60.6. The van der Waals surface area contributed by atoms with Crippen molar-refractivity contribution in [3.05, 3.63) is 94.1 Å². The zero-order valence-electron chi connectivity index (χ0n) is 41.5. The molecule has 0 fully saturated rings. The molecule has 0 aliphatic heterocycles. The normalized spacial score (nSPS) is 12.0. The number of carbonyl (C=O) groups is 2. The van der Waals surface area contributed by atoms with Gasteiger partial charge >= 0.3 is 11.9 Å². The van der Waals surface area contributed by atoms with Gasteiger partial charge < -0.3 is 39.7 Å². The van der Waals surface area contributed by atoms with Crippen LogP contribution in [0.4, 0.5) is 0 Å². The van der Waals surface area contributed by atoms with Crippen molar-refractivity contribution >= 4 is 11.9 Å². The summed E-state index contributed by atoms with van der Waals surface area (Å²) in [5.74, 6) is -1.50. The summed E-state index contributed by atoms with van der Waals surface area (Å²) in [5, 5.41) is 47.1. The maximum absolute atomic E-state index is 12.4. The second-order valence-electron chi connectivity index (χ2n) is 17.8. The third kappa shape index (κ3) is 33.2. The quantitative estimate of drug-likeness (QED) is 0.0188. The second kappa shape index (κ2) is 42.9. The van der Waals surface area contributed by atoms with E-state index in [1.807, 2.05) is 12.1 Å². The van der Waals surface area contributed by atoms with Gasteiger partial charge in [-0.3, -0.25) is 9.59 Å². The zero-order valence-corrected chi connectivity index (χ0v) is 41.5. The maximum atomic E-state index is 12.4. The lowest BCUT2D eigenvalue weighted by molar-refractivity contribution is -0.160. The molecule has 0 aliphatic carbocycles. The first-order valence-corrected chi connectivity index (χ1v) is 25.8. The molecule has 2 rings (SSSR count). The van der Waals surface area contributed by atoms with Gasteiger partial charge in [-0.1, -0.05) is 178 Å². The monoisotopic (exact) mass is 925 g/mol. The molecule has 10 nitrogen and oxygen atoms in total. The van der Waals surface area contributed by atoms with Crippen LogP contribution in [-0.2, 0) is 63.3 Å². The van der Waals surface area contributed by atoms with Crippen molar-refractivity contribution in [3.63, 3.8) is 0 Å². The third-order valence-corrected chi connectivity index (χ3v) is 11.6. The van der Waals surface area contributed by atoms with Crippen LogP contribution in [0.15, 0.2) is 60.7 Å². The van der Waals surface area contributed by atoms with Crippen molar-refractivity contribution in [2.24, 2.45) is 5.92 Å². The van der Waals surface area contributed by atoms with Crippen LogP contribution in [0.5, 0.6) is 0 Å². The topological polar surface area (TPSA) is 163 Å². The molecule has 0 spiro atoms. The van der Waals surface area contributed by atoms with Crippen molar-refractivity contribution in [3.8, 4) is 0 Å². The first-order valence-electron chi connectivity index (χ1n) is 25.8. The van der Waals surface area contributed by atoms with Crippen molar-refractivity contribution in [1.29, 1.82) is 0 Å². The molecular weight excluding hydrogens is 833 g/mol. The molecule has 0 heterocycles. The number of hydrogen-bond acceptors (Lipinski definition) is 9. The fourth-order valence-corrected chi connectivity index (χ4v) is 7.75. The van der Waals surface area contributed by atoms with Crippen molar-refractivity contribution in [2.45, 2.75) is 227 Å². The van der Waals surface area contributed by atoms with Gasteiger partial charge in [0.25, 0.3) is 0 Å². The van der Waals surface area contributed by atoms with Gasteiger partial charge in [-0.2, -0.15) is 0 Å². The molecule has 5 N–H and O–H groups in total. The Kier molecular flexibility index (Phi) is 39.4. The predicted molar refractivity (Wildman–Crippen MR) is 268 cm³/mol. The number of carboxylic acid groups (broad SMARTS) is 1. The number of rotatable bonds is 41. The van der Waals surface area contributed by atoms with Gasteiger partial charge in [0.2, 0.25) is 0 Å². The van der Waals surface area contributed by atoms with Crippen LogP contribution < -0.4 is 0 Å². The van der Waals surface area contributed by atoms with Gasteiger partial charge in [0.1, 0.15) is 6.61 Å². The largest absolute Gasteiger partial charge is 0.481 e. The number of unbranched alkanes of at least 4 members (excludes halogenated alkanes) is 17. The molecule has 0 saturated carbocycles. The molecule has 2 aromatic rings. The average molecular weight is 925 g/mol. The van der Waals surface area contributed by atoms with E-state index in [0.717, 1.165) is 75.3 Å². The van der Waals surface area contributed by atoms with E-state index in [2.05, 4.69) is 45.1 Å². The molecule has 0 aromatic heterocycles. The van der Waals surface area contributed by atoms with Gasteiger partial charge in [-0.25, -0.2) is 0 Å². The van der Waals surface area contributed by atoms with E-state index in [1.54, 1.807) is 24.3 Å². The Hall–Kier alpha value is -3.38. The van der Waals surface area contributed by atoms with Crippen LogP contribution >= 0.6 is 0 Å². The Labute approximate surface area is 400 Å². The minimum atomic E-state index is -0.773. The number of carboxylic acids is 1. The van der Waals surface area contributed by atoms with Crippen LogP contribution in [0.1, 0.15) is 215 Å². The SMILES string of the molecule is CCCCC/C=C\C/C=C\CCCCCCC(Cc1cc(CO)cc(CO)c1)C(=O)O.CCCCCCCCOC(CCC(=O)OCc1cc(CO)cc(CO)c1)OCCCCCCCC. The lowest BCUT2D eigenvalue weighted by Gasteiger charge is -2.18. The minimum absolute atomic E-state index is 0.109. The number of aliphatic hydroxyl groups excluding tert-OH is 4. The maximum Gasteiger partial charge on any atom is 0.306 e. The number of aliphatic hydroxyl groups is 4. The molecule has 0 aliphatic rings. The number of hydrogen-bond donors (Lipinski definition) is 5. The summed E-state index contributed by atoms with van der Waals surface area (Å²) in [4.78, 5) is 24.0. The van der Waals surface area contributed by atoms with Crippen LogP contribution in [0, 0.1) is 5.92 Å². The van der Waals surface area contributed by atoms with Gasteiger partial charge in [0.05, 0.1) is 38.8 Å². The zero-order chi connectivity index (χ0) is 48.3. The number of benzene rings is 2. The van der Waals surface area contributed by atoms with Crippen molar-refractivity contribution < 1.29 is 49.3 Å². The van der Waals surface area contributed by atoms with Gasteiger partial charge in [0.15, 0.2) is 6.29 Å². The van der Waals surface area contributed by atoms with Crippen LogP contribution in [0.3, 0.4) is 0 Å².